The molecule has 1 aromatic rings. The number of ether oxygens (including phenoxy) is 1. The van der Waals surface area contributed by atoms with Crippen molar-refractivity contribution in [3.63, 3.8) is 0 Å². The molecule has 4 heteroatoms. The van der Waals surface area contributed by atoms with Crippen LogP contribution >= 0.6 is 11.6 Å². The molecule has 0 heterocycles. The normalized spacial score (nSPS) is 15.0. The Morgan fingerprint density at radius 2 is 2.20 bits per heavy atom. The minimum Gasteiger partial charge on any atom is -0.388 e. The van der Waals surface area contributed by atoms with E-state index in [1.807, 2.05) is 6.92 Å². The van der Waals surface area contributed by atoms with Crippen LogP contribution in [0.3, 0.4) is 0 Å². The van der Waals surface area contributed by atoms with Gasteiger partial charge in [0.05, 0.1) is 12.2 Å². The summed E-state index contributed by atoms with van der Waals surface area (Å²) < 4.78 is 17.9. The van der Waals surface area contributed by atoms with E-state index in [1.54, 1.807) is 7.11 Å². The molecule has 15 heavy (non-hydrogen) atoms. The SMILES string of the molecule is COC(C)CC(O)c1cc(F)ccc1Cl. The fourth-order valence-electron chi connectivity index (χ4n) is 1.31. The molecule has 0 amide bonds. The summed E-state index contributed by atoms with van der Waals surface area (Å²) in [5, 5.41) is 10.2. The Labute approximate surface area is 93.6 Å². The molecule has 0 bridgehead atoms. The summed E-state index contributed by atoms with van der Waals surface area (Å²) in [6, 6.07) is 3.95. The van der Waals surface area contributed by atoms with Crippen LogP contribution in [0.5, 0.6) is 0 Å². The predicted molar refractivity (Wildman–Crippen MR) is 57.5 cm³/mol. The van der Waals surface area contributed by atoms with Crippen molar-refractivity contribution >= 4 is 11.6 Å². The highest BCUT2D eigenvalue weighted by molar-refractivity contribution is 6.31. The quantitative estimate of drug-likeness (QED) is 0.865. The third-order valence-electron chi connectivity index (χ3n) is 2.27. The number of methoxy groups -OCH3 is 1. The van der Waals surface area contributed by atoms with E-state index < -0.39 is 11.9 Å². The molecule has 1 aromatic carbocycles. The maximum atomic E-state index is 12.9. The van der Waals surface area contributed by atoms with Crippen molar-refractivity contribution in [3.8, 4) is 0 Å². The molecule has 1 rings (SSSR count). The number of halogens is 2. The monoisotopic (exact) mass is 232 g/mol. The van der Waals surface area contributed by atoms with E-state index in [9.17, 15) is 9.50 Å². The molecule has 0 aliphatic heterocycles. The highest BCUT2D eigenvalue weighted by Gasteiger charge is 2.15. The van der Waals surface area contributed by atoms with E-state index in [0.717, 1.165) is 0 Å². The van der Waals surface area contributed by atoms with E-state index in [4.69, 9.17) is 16.3 Å². The Morgan fingerprint density at radius 1 is 1.53 bits per heavy atom. The molecule has 0 saturated carbocycles. The van der Waals surface area contributed by atoms with E-state index in [2.05, 4.69) is 0 Å². The molecule has 0 radical (unpaired) electrons. The van der Waals surface area contributed by atoms with Crippen LogP contribution in [0.4, 0.5) is 4.39 Å². The Balaban J connectivity index is 2.80. The number of aliphatic hydroxyl groups excluding tert-OH is 1. The van der Waals surface area contributed by atoms with Gasteiger partial charge in [0.2, 0.25) is 0 Å². The van der Waals surface area contributed by atoms with Crippen LogP contribution in [0.15, 0.2) is 18.2 Å². The van der Waals surface area contributed by atoms with Crippen molar-refractivity contribution in [2.75, 3.05) is 7.11 Å². The molecular weight excluding hydrogens is 219 g/mol. The maximum Gasteiger partial charge on any atom is 0.123 e. The van der Waals surface area contributed by atoms with Gasteiger partial charge in [-0.1, -0.05) is 11.6 Å². The van der Waals surface area contributed by atoms with Gasteiger partial charge in [-0.15, -0.1) is 0 Å². The highest BCUT2D eigenvalue weighted by atomic mass is 35.5. The molecule has 84 valence electrons. The van der Waals surface area contributed by atoms with Gasteiger partial charge in [0.15, 0.2) is 0 Å². The summed E-state index contributed by atoms with van der Waals surface area (Å²) >= 11 is 5.85. The Bertz CT molecular complexity index is 330. The Hall–Kier alpha value is -0.640. The van der Waals surface area contributed by atoms with Gasteiger partial charge in [-0.05, 0) is 25.1 Å². The zero-order valence-corrected chi connectivity index (χ0v) is 9.46. The van der Waals surface area contributed by atoms with Crippen molar-refractivity contribution in [1.29, 1.82) is 0 Å². The van der Waals surface area contributed by atoms with Crippen LogP contribution in [0, 0.1) is 5.82 Å². The van der Waals surface area contributed by atoms with E-state index in [-0.39, 0.29) is 6.10 Å². The fourth-order valence-corrected chi connectivity index (χ4v) is 1.55. The molecule has 2 nitrogen and oxygen atoms in total. The molecule has 0 aromatic heterocycles. The first-order chi connectivity index (χ1) is 7.04. The molecule has 2 unspecified atom stereocenters. The second kappa shape index (κ2) is 5.45. The fraction of sp³-hybridized carbons (Fsp3) is 0.455. The number of aliphatic hydroxyl groups is 1. The minimum absolute atomic E-state index is 0.0978. The molecule has 0 aliphatic carbocycles. The molecule has 0 aliphatic rings. The molecule has 1 N–H and O–H groups in total. The summed E-state index contributed by atoms with van der Waals surface area (Å²) in [5.41, 5.74) is 0.403. The van der Waals surface area contributed by atoms with Gasteiger partial charge >= 0.3 is 0 Å². The number of benzene rings is 1. The van der Waals surface area contributed by atoms with E-state index in [0.29, 0.717) is 17.0 Å². The minimum atomic E-state index is -0.803. The summed E-state index contributed by atoms with van der Waals surface area (Å²) in [6.45, 7) is 1.83. The predicted octanol–water partition coefficient (Wildman–Crippen LogP) is 2.94. The van der Waals surface area contributed by atoms with Gasteiger partial charge < -0.3 is 9.84 Å². The van der Waals surface area contributed by atoms with Gasteiger partial charge in [-0.3, -0.25) is 0 Å². The van der Waals surface area contributed by atoms with E-state index >= 15 is 0 Å². The first kappa shape index (κ1) is 12.4. The van der Waals surface area contributed by atoms with Gasteiger partial charge in [-0.2, -0.15) is 0 Å². The van der Waals surface area contributed by atoms with Crippen molar-refractivity contribution in [1.82, 2.24) is 0 Å². The number of hydrogen-bond donors (Lipinski definition) is 1. The van der Waals surface area contributed by atoms with Crippen molar-refractivity contribution < 1.29 is 14.2 Å². The van der Waals surface area contributed by atoms with Crippen LogP contribution in [0.1, 0.15) is 25.0 Å². The first-order valence-corrected chi connectivity index (χ1v) is 5.08. The largest absolute Gasteiger partial charge is 0.388 e. The molecule has 2 atom stereocenters. The van der Waals surface area contributed by atoms with Gasteiger partial charge in [0.25, 0.3) is 0 Å². The van der Waals surface area contributed by atoms with Crippen molar-refractivity contribution in [2.45, 2.75) is 25.6 Å². The summed E-state index contributed by atoms with van der Waals surface area (Å²) in [7, 11) is 1.56. The van der Waals surface area contributed by atoms with E-state index in [1.165, 1.54) is 18.2 Å². The lowest BCUT2D eigenvalue weighted by Crippen LogP contribution is -2.11. The highest BCUT2D eigenvalue weighted by Crippen LogP contribution is 2.27. The van der Waals surface area contributed by atoms with Crippen LogP contribution < -0.4 is 0 Å². The van der Waals surface area contributed by atoms with Gasteiger partial charge in [-0.25, -0.2) is 4.39 Å². The average Bonchev–Trinajstić information content (AvgIpc) is 2.21. The molecule has 0 spiro atoms. The zero-order chi connectivity index (χ0) is 11.4. The first-order valence-electron chi connectivity index (χ1n) is 4.70. The Morgan fingerprint density at radius 3 is 2.80 bits per heavy atom. The lowest BCUT2D eigenvalue weighted by Gasteiger charge is -2.16. The smallest absolute Gasteiger partial charge is 0.123 e. The molecule has 0 fully saturated rings. The average molecular weight is 233 g/mol. The van der Waals surface area contributed by atoms with Gasteiger partial charge in [0, 0.05) is 24.1 Å². The second-order valence-electron chi connectivity index (χ2n) is 3.46. The zero-order valence-electron chi connectivity index (χ0n) is 8.71. The molecular formula is C11H14ClFO2. The summed E-state index contributed by atoms with van der Waals surface area (Å²) in [4.78, 5) is 0. The number of hydrogen-bond acceptors (Lipinski definition) is 2. The third kappa shape index (κ3) is 3.45. The third-order valence-corrected chi connectivity index (χ3v) is 2.62. The van der Waals surface area contributed by atoms with Crippen LogP contribution in [-0.4, -0.2) is 18.3 Å². The second-order valence-corrected chi connectivity index (χ2v) is 3.87. The van der Waals surface area contributed by atoms with Crippen molar-refractivity contribution in [3.05, 3.63) is 34.6 Å². The lowest BCUT2D eigenvalue weighted by molar-refractivity contribution is 0.0559. The van der Waals surface area contributed by atoms with Crippen molar-refractivity contribution in [2.24, 2.45) is 0 Å². The van der Waals surface area contributed by atoms with Crippen LogP contribution in [0.25, 0.3) is 0 Å². The lowest BCUT2D eigenvalue weighted by atomic mass is 10.0. The number of rotatable bonds is 4. The summed E-state index contributed by atoms with van der Waals surface area (Å²) in [6.07, 6.45) is -0.512. The molecule has 0 saturated heterocycles. The Kier molecular flexibility index (Phi) is 4.51. The van der Waals surface area contributed by atoms with Gasteiger partial charge in [0.1, 0.15) is 5.82 Å². The van der Waals surface area contributed by atoms with Crippen LogP contribution in [-0.2, 0) is 4.74 Å². The topological polar surface area (TPSA) is 29.5 Å². The standard InChI is InChI=1S/C11H14ClFO2/c1-7(15-2)5-11(14)9-6-8(13)3-4-10(9)12/h3-4,6-7,11,14H,5H2,1-2H3. The van der Waals surface area contributed by atoms with Crippen LogP contribution in [0.2, 0.25) is 5.02 Å². The maximum absolute atomic E-state index is 12.9. The summed E-state index contributed by atoms with van der Waals surface area (Å²) in [5.74, 6) is -0.404.